The molecule has 0 unspecified atom stereocenters. The lowest BCUT2D eigenvalue weighted by Crippen LogP contribution is -2.11. The predicted molar refractivity (Wildman–Crippen MR) is 49.0 cm³/mol. The van der Waals surface area contributed by atoms with Gasteiger partial charge in [0.1, 0.15) is 0 Å². The van der Waals surface area contributed by atoms with E-state index in [0.29, 0.717) is 5.56 Å². The van der Waals surface area contributed by atoms with Crippen LogP contribution < -0.4 is 4.74 Å². The van der Waals surface area contributed by atoms with Gasteiger partial charge in [0, 0.05) is 0 Å². The Bertz CT molecular complexity index is 446. The first-order valence-electron chi connectivity index (χ1n) is 4.14. The van der Waals surface area contributed by atoms with Gasteiger partial charge in [-0.25, -0.2) is 4.79 Å². The average molecular weight is 202 g/mol. The number of carbonyl (C=O) groups is 1. The molecule has 0 aliphatic heterocycles. The number of rotatable bonds is 2. The minimum atomic E-state index is -0.537. The highest BCUT2D eigenvalue weighted by molar-refractivity contribution is 5.90. The second-order valence-electron chi connectivity index (χ2n) is 2.58. The minimum absolute atomic E-state index is 0.161. The monoisotopic (exact) mass is 202 g/mol. The molecule has 2 aromatic rings. The van der Waals surface area contributed by atoms with Gasteiger partial charge in [0.15, 0.2) is 6.33 Å². The van der Waals surface area contributed by atoms with E-state index >= 15 is 0 Å². The molecule has 0 N–H and O–H groups in total. The van der Waals surface area contributed by atoms with Gasteiger partial charge in [-0.05, 0) is 12.1 Å². The first-order valence-corrected chi connectivity index (χ1v) is 4.14. The van der Waals surface area contributed by atoms with Gasteiger partial charge in [-0.15, -0.1) is 10.2 Å². The quantitative estimate of drug-likeness (QED) is 0.659. The smallest absolute Gasteiger partial charge is 0.363 e. The van der Waals surface area contributed by atoms with Crippen molar-refractivity contribution in [2.24, 2.45) is 0 Å². The molecule has 0 saturated carbocycles. The summed E-state index contributed by atoms with van der Waals surface area (Å²) in [6.07, 6.45) is 1.15. The highest BCUT2D eigenvalue weighted by Crippen LogP contribution is 2.03. The molecule has 0 radical (unpaired) electrons. The van der Waals surface area contributed by atoms with E-state index in [-0.39, 0.29) is 6.01 Å². The van der Waals surface area contributed by atoms with Crippen molar-refractivity contribution in [2.75, 3.05) is 0 Å². The van der Waals surface area contributed by atoms with Crippen molar-refractivity contribution in [3.63, 3.8) is 0 Å². The van der Waals surface area contributed by atoms with Crippen LogP contribution in [0.2, 0.25) is 0 Å². The van der Waals surface area contributed by atoms with E-state index in [1.54, 1.807) is 30.3 Å². The maximum atomic E-state index is 11.5. The normalized spacial score (nSPS) is 9.60. The lowest BCUT2D eigenvalue weighted by atomic mass is 10.2. The number of carbonyl (C=O) groups excluding carboxylic acids is 1. The first kappa shape index (κ1) is 9.20. The van der Waals surface area contributed by atoms with Crippen molar-refractivity contribution in [2.45, 2.75) is 0 Å². The summed E-state index contributed by atoms with van der Waals surface area (Å²) >= 11 is 0. The van der Waals surface area contributed by atoms with E-state index in [4.69, 9.17) is 4.74 Å². The van der Waals surface area contributed by atoms with E-state index < -0.39 is 5.97 Å². The van der Waals surface area contributed by atoms with Crippen LogP contribution in [0.5, 0.6) is 6.01 Å². The van der Waals surface area contributed by atoms with Crippen LogP contribution in [0.3, 0.4) is 0 Å². The van der Waals surface area contributed by atoms with Gasteiger partial charge >= 0.3 is 12.0 Å². The maximum Gasteiger partial charge on any atom is 0.363 e. The summed E-state index contributed by atoms with van der Waals surface area (Å²) in [6, 6.07) is 8.38. The molecular formula is C9H6N4O2. The second-order valence-corrected chi connectivity index (χ2v) is 2.58. The third kappa shape index (κ3) is 2.31. The molecule has 0 saturated heterocycles. The Morgan fingerprint density at radius 1 is 1.07 bits per heavy atom. The summed E-state index contributed by atoms with van der Waals surface area (Å²) in [4.78, 5) is 11.5. The minimum Gasteiger partial charge on any atom is -0.385 e. The Hall–Kier alpha value is -2.37. The topological polar surface area (TPSA) is 77.9 Å². The SMILES string of the molecule is O=C(Oc1nncnn1)c1ccccc1. The lowest BCUT2D eigenvalue weighted by Gasteiger charge is -1.99. The number of nitrogens with zero attached hydrogens (tertiary/aromatic N) is 4. The van der Waals surface area contributed by atoms with E-state index in [1.807, 2.05) is 0 Å². The molecule has 2 rings (SSSR count). The van der Waals surface area contributed by atoms with Gasteiger partial charge in [0.2, 0.25) is 0 Å². The zero-order valence-corrected chi connectivity index (χ0v) is 7.57. The zero-order chi connectivity index (χ0) is 10.5. The highest BCUT2D eigenvalue weighted by atomic mass is 16.5. The van der Waals surface area contributed by atoms with Crippen molar-refractivity contribution in [3.8, 4) is 6.01 Å². The Morgan fingerprint density at radius 3 is 2.40 bits per heavy atom. The molecule has 0 aliphatic rings. The molecule has 0 atom stereocenters. The van der Waals surface area contributed by atoms with Crippen LogP contribution in [0.15, 0.2) is 36.7 Å². The summed E-state index contributed by atoms with van der Waals surface area (Å²) in [5.74, 6) is -0.537. The standard InChI is InChI=1S/C9H6N4O2/c14-8(7-4-2-1-3-5-7)15-9-12-10-6-11-13-9/h1-6H. The second kappa shape index (κ2) is 4.23. The molecule has 0 amide bonds. The lowest BCUT2D eigenvalue weighted by molar-refractivity contribution is 0.0715. The van der Waals surface area contributed by atoms with Crippen LogP contribution in [-0.4, -0.2) is 26.4 Å². The van der Waals surface area contributed by atoms with Crippen LogP contribution in [0.4, 0.5) is 0 Å². The third-order valence-electron chi connectivity index (χ3n) is 1.58. The van der Waals surface area contributed by atoms with Gasteiger partial charge in [-0.3, -0.25) is 0 Å². The molecule has 6 nitrogen and oxygen atoms in total. The molecule has 0 fully saturated rings. The van der Waals surface area contributed by atoms with Crippen molar-refractivity contribution < 1.29 is 9.53 Å². The van der Waals surface area contributed by atoms with Gasteiger partial charge < -0.3 is 4.74 Å². The van der Waals surface area contributed by atoms with E-state index in [9.17, 15) is 4.79 Å². The molecule has 1 heterocycles. The molecule has 0 aliphatic carbocycles. The number of hydrogen-bond donors (Lipinski definition) is 0. The largest absolute Gasteiger partial charge is 0.385 e. The Morgan fingerprint density at radius 2 is 1.73 bits per heavy atom. The number of ether oxygens (including phenoxy) is 1. The molecule has 1 aromatic carbocycles. The molecule has 0 spiro atoms. The number of benzene rings is 1. The van der Waals surface area contributed by atoms with Crippen molar-refractivity contribution in [3.05, 3.63) is 42.2 Å². The van der Waals surface area contributed by atoms with E-state index in [2.05, 4.69) is 20.4 Å². The molecule has 0 bridgehead atoms. The van der Waals surface area contributed by atoms with Gasteiger partial charge in [-0.1, -0.05) is 28.4 Å². The van der Waals surface area contributed by atoms with Crippen LogP contribution in [-0.2, 0) is 0 Å². The van der Waals surface area contributed by atoms with Crippen LogP contribution >= 0.6 is 0 Å². The summed E-state index contributed by atoms with van der Waals surface area (Å²) in [7, 11) is 0. The summed E-state index contributed by atoms with van der Waals surface area (Å²) in [6.45, 7) is 0. The molecule has 74 valence electrons. The Kier molecular flexibility index (Phi) is 2.59. The Balaban J connectivity index is 2.12. The van der Waals surface area contributed by atoms with E-state index in [0.717, 1.165) is 6.33 Å². The van der Waals surface area contributed by atoms with Gasteiger partial charge in [0.05, 0.1) is 5.56 Å². The number of aromatic nitrogens is 4. The van der Waals surface area contributed by atoms with Crippen LogP contribution in [0.1, 0.15) is 10.4 Å². The Labute approximate surface area is 84.9 Å². The highest BCUT2D eigenvalue weighted by Gasteiger charge is 2.09. The summed E-state index contributed by atoms with van der Waals surface area (Å²) < 4.78 is 4.81. The first-order chi connectivity index (χ1) is 7.36. The molecule has 6 heteroatoms. The van der Waals surface area contributed by atoms with Gasteiger partial charge in [0.25, 0.3) is 0 Å². The van der Waals surface area contributed by atoms with Crippen LogP contribution in [0.25, 0.3) is 0 Å². The van der Waals surface area contributed by atoms with Crippen molar-refractivity contribution in [1.29, 1.82) is 0 Å². The van der Waals surface area contributed by atoms with Crippen molar-refractivity contribution >= 4 is 5.97 Å². The molecular weight excluding hydrogens is 196 g/mol. The fourth-order valence-corrected chi connectivity index (χ4v) is 0.950. The summed E-state index contributed by atoms with van der Waals surface area (Å²) in [5, 5.41) is 13.8. The third-order valence-corrected chi connectivity index (χ3v) is 1.58. The van der Waals surface area contributed by atoms with Crippen molar-refractivity contribution in [1.82, 2.24) is 20.4 Å². The van der Waals surface area contributed by atoms with Crippen LogP contribution in [0, 0.1) is 0 Å². The summed E-state index contributed by atoms with van der Waals surface area (Å²) in [5.41, 5.74) is 0.421. The molecule has 15 heavy (non-hydrogen) atoms. The fraction of sp³-hybridized carbons (Fsp3) is 0. The molecule has 1 aromatic heterocycles. The predicted octanol–water partition coefficient (Wildman–Crippen LogP) is 0.486. The number of hydrogen-bond acceptors (Lipinski definition) is 6. The van der Waals surface area contributed by atoms with Gasteiger partial charge in [-0.2, -0.15) is 0 Å². The maximum absolute atomic E-state index is 11.5. The average Bonchev–Trinajstić information content (AvgIpc) is 2.31. The number of esters is 1. The zero-order valence-electron chi connectivity index (χ0n) is 7.57. The van der Waals surface area contributed by atoms with E-state index in [1.165, 1.54) is 0 Å². The fourth-order valence-electron chi connectivity index (χ4n) is 0.950.